The topological polar surface area (TPSA) is 104 Å². The Morgan fingerprint density at radius 2 is 1.89 bits per heavy atom. The lowest BCUT2D eigenvalue weighted by molar-refractivity contribution is -0.132. The number of hydrogen-bond donors (Lipinski definition) is 1. The molecule has 1 aromatic heterocycles. The second-order valence-electron chi connectivity index (χ2n) is 8.42. The maximum atomic E-state index is 13.3. The van der Waals surface area contributed by atoms with Crippen LogP contribution in [-0.2, 0) is 9.59 Å². The molecule has 1 unspecified atom stereocenters. The Balaban J connectivity index is 1.91. The minimum atomic E-state index is -0.932. The van der Waals surface area contributed by atoms with Crippen molar-refractivity contribution >= 4 is 23.1 Å². The molecule has 4 rings (SSSR count). The Labute approximate surface area is 203 Å². The molecule has 0 spiro atoms. The number of Topliss-reactive ketones (excluding diaryl/α,β-unsaturated/α-hetero) is 1. The van der Waals surface area contributed by atoms with E-state index in [0.717, 1.165) is 5.56 Å². The maximum absolute atomic E-state index is 13.3. The third-order valence-corrected chi connectivity index (χ3v) is 5.89. The number of hydrogen-bond acceptors (Lipinski definition) is 6. The fraction of sp³-hybridized carbons (Fsp3) is 0.214. The summed E-state index contributed by atoms with van der Waals surface area (Å²) in [6.07, 6.45) is 1.57. The van der Waals surface area contributed by atoms with Gasteiger partial charge in [-0.2, -0.15) is 5.26 Å². The Hall–Kier alpha value is -4.44. The van der Waals surface area contributed by atoms with Crippen molar-refractivity contribution in [2.24, 2.45) is 0 Å². The van der Waals surface area contributed by atoms with Gasteiger partial charge >= 0.3 is 0 Å². The predicted octanol–water partition coefficient (Wildman–Crippen LogP) is 5.10. The molecule has 1 aliphatic rings. The summed E-state index contributed by atoms with van der Waals surface area (Å²) in [5, 5.41) is 20.5. The monoisotopic (exact) mass is 467 g/mol. The summed E-state index contributed by atoms with van der Waals surface area (Å²) in [4.78, 5) is 32.2. The van der Waals surface area contributed by atoms with Gasteiger partial charge in [0.25, 0.3) is 11.7 Å². The van der Waals surface area contributed by atoms with Crippen LogP contribution in [0.4, 0.5) is 5.69 Å². The van der Waals surface area contributed by atoms with Gasteiger partial charge in [-0.25, -0.2) is 0 Å². The van der Waals surface area contributed by atoms with E-state index in [1.807, 2.05) is 26.8 Å². The number of ketones is 1. The summed E-state index contributed by atoms with van der Waals surface area (Å²) in [5.74, 6) is -1.04. The molecule has 1 N–H and O–H groups in total. The smallest absolute Gasteiger partial charge is 0.300 e. The normalized spacial score (nSPS) is 17.0. The minimum absolute atomic E-state index is 0.0445. The van der Waals surface area contributed by atoms with Crippen LogP contribution in [-0.4, -0.2) is 28.4 Å². The molecule has 0 radical (unpaired) electrons. The summed E-state index contributed by atoms with van der Waals surface area (Å²) in [7, 11) is 0. The predicted molar refractivity (Wildman–Crippen MR) is 132 cm³/mol. The lowest BCUT2D eigenvalue weighted by atomic mass is 9.94. The number of nitrogens with zero attached hydrogens (tertiary/aromatic N) is 3. The van der Waals surface area contributed by atoms with Gasteiger partial charge in [-0.05, 0) is 73.0 Å². The first-order valence-electron chi connectivity index (χ1n) is 11.4. The van der Waals surface area contributed by atoms with Crippen LogP contribution in [0.5, 0.6) is 5.75 Å². The number of carbonyl (C=O) groups is 2. The molecular formula is C28H25N3O4. The van der Waals surface area contributed by atoms with Gasteiger partial charge in [0.05, 0.1) is 29.5 Å². The molecule has 2 heterocycles. The number of ether oxygens (including phenoxy) is 1. The number of aliphatic hydroxyl groups excluding tert-OH is 1. The van der Waals surface area contributed by atoms with E-state index in [4.69, 9.17) is 10.00 Å². The second kappa shape index (κ2) is 9.82. The SMILES string of the molecule is CCOc1ccc(/C(O)=C2/C(=O)C(=O)N(c3ccc(C#N)cc3)C2c2ccccn2)cc1C(C)C. The molecule has 2 aromatic carbocycles. The van der Waals surface area contributed by atoms with Crippen molar-refractivity contribution in [2.75, 3.05) is 11.5 Å². The lowest BCUT2D eigenvalue weighted by Gasteiger charge is -2.24. The van der Waals surface area contributed by atoms with E-state index in [2.05, 4.69) is 4.98 Å². The number of amides is 1. The van der Waals surface area contributed by atoms with Crippen LogP contribution < -0.4 is 9.64 Å². The number of rotatable bonds is 6. The lowest BCUT2D eigenvalue weighted by Crippen LogP contribution is -2.29. The van der Waals surface area contributed by atoms with Gasteiger partial charge < -0.3 is 9.84 Å². The molecule has 7 heteroatoms. The number of benzene rings is 2. The van der Waals surface area contributed by atoms with Crippen molar-refractivity contribution in [1.29, 1.82) is 5.26 Å². The molecule has 1 amide bonds. The third kappa shape index (κ3) is 4.38. The van der Waals surface area contributed by atoms with E-state index in [1.54, 1.807) is 66.9 Å². The van der Waals surface area contributed by atoms with E-state index in [1.165, 1.54) is 4.90 Å². The summed E-state index contributed by atoms with van der Waals surface area (Å²) < 4.78 is 5.72. The van der Waals surface area contributed by atoms with Crippen LogP contribution >= 0.6 is 0 Å². The second-order valence-corrected chi connectivity index (χ2v) is 8.42. The molecule has 1 atom stereocenters. The highest BCUT2D eigenvalue weighted by Crippen LogP contribution is 2.42. The van der Waals surface area contributed by atoms with Crippen molar-refractivity contribution in [1.82, 2.24) is 4.98 Å². The zero-order valence-electron chi connectivity index (χ0n) is 19.7. The van der Waals surface area contributed by atoms with Crippen LogP contribution in [0.15, 0.2) is 72.4 Å². The Kier molecular flexibility index (Phi) is 6.65. The first kappa shape index (κ1) is 23.7. The van der Waals surface area contributed by atoms with Crippen molar-refractivity contribution < 1.29 is 19.4 Å². The number of aromatic nitrogens is 1. The van der Waals surface area contributed by atoms with Crippen LogP contribution in [0.25, 0.3) is 5.76 Å². The van der Waals surface area contributed by atoms with Gasteiger partial charge in [0.2, 0.25) is 0 Å². The van der Waals surface area contributed by atoms with E-state index in [-0.39, 0.29) is 17.3 Å². The van der Waals surface area contributed by atoms with Gasteiger partial charge in [-0.15, -0.1) is 0 Å². The Morgan fingerprint density at radius 1 is 1.14 bits per heavy atom. The van der Waals surface area contributed by atoms with E-state index in [0.29, 0.717) is 34.9 Å². The van der Waals surface area contributed by atoms with Crippen molar-refractivity contribution in [3.8, 4) is 11.8 Å². The molecule has 1 aliphatic heterocycles. The summed E-state index contributed by atoms with van der Waals surface area (Å²) in [5.41, 5.74) is 2.54. The molecule has 1 fully saturated rings. The summed E-state index contributed by atoms with van der Waals surface area (Å²) in [6, 6.07) is 17.9. The zero-order chi connectivity index (χ0) is 25.1. The molecule has 0 saturated carbocycles. The molecule has 176 valence electrons. The van der Waals surface area contributed by atoms with Gasteiger partial charge in [0.1, 0.15) is 17.6 Å². The molecule has 1 saturated heterocycles. The number of aliphatic hydroxyl groups is 1. The van der Waals surface area contributed by atoms with Crippen molar-refractivity contribution in [2.45, 2.75) is 32.7 Å². The summed E-state index contributed by atoms with van der Waals surface area (Å²) in [6.45, 7) is 6.43. The van der Waals surface area contributed by atoms with Gasteiger partial charge in [0, 0.05) is 17.4 Å². The van der Waals surface area contributed by atoms with Crippen LogP contribution in [0.1, 0.15) is 55.1 Å². The number of carbonyl (C=O) groups excluding carboxylic acids is 2. The van der Waals surface area contributed by atoms with Crippen LogP contribution in [0.3, 0.4) is 0 Å². The van der Waals surface area contributed by atoms with Gasteiger partial charge in [-0.3, -0.25) is 19.5 Å². The fourth-order valence-electron chi connectivity index (χ4n) is 4.20. The molecule has 0 aliphatic carbocycles. The molecule has 3 aromatic rings. The average molecular weight is 468 g/mol. The quantitative estimate of drug-likeness (QED) is 0.307. The molecular weight excluding hydrogens is 442 g/mol. The first-order chi connectivity index (χ1) is 16.9. The fourth-order valence-corrected chi connectivity index (χ4v) is 4.20. The highest BCUT2D eigenvalue weighted by molar-refractivity contribution is 6.51. The largest absolute Gasteiger partial charge is 0.507 e. The third-order valence-electron chi connectivity index (χ3n) is 5.89. The summed E-state index contributed by atoms with van der Waals surface area (Å²) >= 11 is 0. The van der Waals surface area contributed by atoms with Crippen LogP contribution in [0.2, 0.25) is 0 Å². The molecule has 7 nitrogen and oxygen atoms in total. The van der Waals surface area contributed by atoms with Gasteiger partial charge in [0.15, 0.2) is 0 Å². The Bertz CT molecular complexity index is 1340. The standard InChI is InChI=1S/C28H25N3O4/c1-4-35-23-13-10-19(15-21(23)17(2)3)26(32)24-25(22-7-5-6-14-30-22)31(28(34)27(24)33)20-11-8-18(16-29)9-12-20/h5-15,17,25,32H,4H2,1-3H3/b26-24-. The molecule has 0 bridgehead atoms. The van der Waals surface area contributed by atoms with E-state index >= 15 is 0 Å². The van der Waals surface area contributed by atoms with Crippen LogP contribution in [0, 0.1) is 11.3 Å². The van der Waals surface area contributed by atoms with E-state index < -0.39 is 17.7 Å². The number of pyridine rings is 1. The average Bonchev–Trinajstić information content (AvgIpc) is 3.14. The number of anilines is 1. The molecule has 35 heavy (non-hydrogen) atoms. The Morgan fingerprint density at radius 3 is 2.49 bits per heavy atom. The highest BCUT2D eigenvalue weighted by atomic mass is 16.5. The van der Waals surface area contributed by atoms with Crippen molar-refractivity contribution in [3.05, 3.63) is 94.8 Å². The first-order valence-corrected chi connectivity index (χ1v) is 11.4. The van der Waals surface area contributed by atoms with E-state index in [9.17, 15) is 14.7 Å². The highest BCUT2D eigenvalue weighted by Gasteiger charge is 2.47. The minimum Gasteiger partial charge on any atom is -0.507 e. The van der Waals surface area contributed by atoms with Gasteiger partial charge in [-0.1, -0.05) is 19.9 Å². The number of nitriles is 1. The zero-order valence-corrected chi connectivity index (χ0v) is 19.7. The maximum Gasteiger partial charge on any atom is 0.300 e. The van der Waals surface area contributed by atoms with Crippen molar-refractivity contribution in [3.63, 3.8) is 0 Å².